The Balaban J connectivity index is 1.34. The highest BCUT2D eigenvalue weighted by Gasteiger charge is 2.42. The zero-order valence-electron chi connectivity index (χ0n) is 20.9. The summed E-state index contributed by atoms with van der Waals surface area (Å²) in [6.45, 7) is 3.64. The van der Waals surface area contributed by atoms with Crippen LogP contribution in [0.3, 0.4) is 0 Å². The lowest BCUT2D eigenvalue weighted by atomic mass is 9.72. The second-order valence-corrected chi connectivity index (χ2v) is 10.5. The van der Waals surface area contributed by atoms with Gasteiger partial charge in [0.2, 0.25) is 5.91 Å². The quantitative estimate of drug-likeness (QED) is 0.542. The van der Waals surface area contributed by atoms with Crippen molar-refractivity contribution in [3.63, 3.8) is 0 Å². The summed E-state index contributed by atoms with van der Waals surface area (Å²) in [6, 6.07) is 8.39. The van der Waals surface area contributed by atoms with Crippen molar-refractivity contribution < 1.29 is 9.59 Å². The minimum absolute atomic E-state index is 0.104. The summed E-state index contributed by atoms with van der Waals surface area (Å²) < 4.78 is 0. The minimum Gasteiger partial charge on any atom is -0.369 e. The summed E-state index contributed by atoms with van der Waals surface area (Å²) in [4.78, 5) is 38.4. The Morgan fingerprint density at radius 3 is 2.19 bits per heavy atom. The van der Waals surface area contributed by atoms with E-state index in [9.17, 15) is 9.59 Å². The van der Waals surface area contributed by atoms with Crippen molar-refractivity contribution in [3.8, 4) is 0 Å². The molecule has 2 amide bonds. The first-order valence-corrected chi connectivity index (χ1v) is 13.3. The van der Waals surface area contributed by atoms with E-state index in [0.29, 0.717) is 11.9 Å². The van der Waals surface area contributed by atoms with Gasteiger partial charge >= 0.3 is 0 Å². The maximum Gasteiger partial charge on any atom is 0.271 e. The van der Waals surface area contributed by atoms with E-state index < -0.39 is 11.3 Å². The van der Waals surface area contributed by atoms with Gasteiger partial charge in [-0.25, -0.2) is 9.97 Å². The Hall–Kier alpha value is -3.20. The smallest absolute Gasteiger partial charge is 0.271 e. The monoisotopic (exact) mass is 491 g/mol. The molecule has 9 nitrogen and oxygen atoms in total. The molecule has 0 unspecified atom stereocenters. The predicted octanol–water partition coefficient (Wildman–Crippen LogP) is 3.07. The van der Waals surface area contributed by atoms with Crippen molar-refractivity contribution in [2.75, 3.05) is 36.4 Å². The number of likely N-dealkylation sites (tertiary alicyclic amines) is 1. The molecule has 3 aliphatic rings. The number of hydrogen-bond donors (Lipinski definition) is 3. The van der Waals surface area contributed by atoms with Gasteiger partial charge in [0, 0.05) is 24.8 Å². The molecule has 3 fully saturated rings. The third-order valence-corrected chi connectivity index (χ3v) is 8.34. The first kappa shape index (κ1) is 24.5. The highest BCUT2D eigenvalue weighted by Crippen LogP contribution is 2.38. The van der Waals surface area contributed by atoms with Gasteiger partial charge in [0.15, 0.2) is 11.5 Å². The van der Waals surface area contributed by atoms with Crippen molar-refractivity contribution in [1.82, 2.24) is 14.9 Å². The minimum atomic E-state index is -0.653. The van der Waals surface area contributed by atoms with Gasteiger partial charge in [0.1, 0.15) is 5.82 Å². The van der Waals surface area contributed by atoms with Gasteiger partial charge in [-0.3, -0.25) is 9.59 Å². The number of carbonyl (C=O) groups is 2. The Bertz CT molecular complexity index is 1080. The van der Waals surface area contributed by atoms with Crippen molar-refractivity contribution in [1.29, 1.82) is 0 Å². The highest BCUT2D eigenvalue weighted by molar-refractivity contribution is 5.96. The summed E-state index contributed by atoms with van der Waals surface area (Å²) in [5.74, 6) is 0.187. The summed E-state index contributed by atoms with van der Waals surface area (Å²) in [6.07, 6.45) is 11.7. The number of rotatable bonds is 7. The number of aromatic nitrogens is 2. The number of anilines is 3. The number of carbonyl (C=O) groups excluding carboxylic acids is 2. The molecule has 3 heterocycles. The van der Waals surface area contributed by atoms with E-state index in [1.807, 2.05) is 24.3 Å². The lowest BCUT2D eigenvalue weighted by Crippen LogP contribution is -2.52. The second-order valence-electron chi connectivity index (χ2n) is 10.5. The molecule has 0 radical (unpaired) electrons. The molecular weight excluding hydrogens is 454 g/mol. The third-order valence-electron chi connectivity index (χ3n) is 8.34. The van der Waals surface area contributed by atoms with Crippen LogP contribution >= 0.6 is 0 Å². The molecule has 1 aromatic heterocycles. The molecule has 9 heteroatoms. The van der Waals surface area contributed by atoms with Crippen LogP contribution in [-0.4, -0.2) is 58.9 Å². The average Bonchev–Trinajstić information content (AvgIpc) is 3.44. The highest BCUT2D eigenvalue weighted by atomic mass is 16.1. The van der Waals surface area contributed by atoms with Gasteiger partial charge in [-0.2, -0.15) is 0 Å². The molecule has 5 rings (SSSR count). The first-order valence-electron chi connectivity index (χ1n) is 13.3. The number of benzene rings is 1. The number of primary amides is 2. The molecule has 2 aromatic rings. The van der Waals surface area contributed by atoms with Crippen molar-refractivity contribution >= 4 is 29.1 Å². The van der Waals surface area contributed by atoms with E-state index in [-0.39, 0.29) is 11.6 Å². The molecule has 1 aliphatic carbocycles. The number of amides is 2. The summed E-state index contributed by atoms with van der Waals surface area (Å²) >= 11 is 0. The Kier molecular flexibility index (Phi) is 7.09. The molecule has 0 bridgehead atoms. The fourth-order valence-electron chi connectivity index (χ4n) is 6.15. The van der Waals surface area contributed by atoms with Crippen molar-refractivity contribution in [2.45, 2.75) is 69.2 Å². The Morgan fingerprint density at radius 1 is 0.917 bits per heavy atom. The van der Waals surface area contributed by atoms with E-state index in [1.165, 1.54) is 32.1 Å². The Morgan fingerprint density at radius 2 is 1.58 bits per heavy atom. The van der Waals surface area contributed by atoms with E-state index in [0.717, 1.165) is 68.9 Å². The summed E-state index contributed by atoms with van der Waals surface area (Å²) in [5, 5.41) is 3.22. The summed E-state index contributed by atoms with van der Waals surface area (Å²) in [5.41, 5.74) is 12.7. The van der Waals surface area contributed by atoms with Gasteiger partial charge in [0.25, 0.3) is 5.91 Å². The maximum absolute atomic E-state index is 12.7. The number of nitrogens with two attached hydrogens (primary N) is 2. The topological polar surface area (TPSA) is 130 Å². The molecule has 1 aromatic carbocycles. The zero-order chi connectivity index (χ0) is 25.1. The molecule has 0 spiro atoms. The first-order chi connectivity index (χ1) is 17.5. The van der Waals surface area contributed by atoms with Crippen LogP contribution in [0, 0.1) is 0 Å². The molecule has 192 valence electrons. The molecular formula is C27H37N7O2. The van der Waals surface area contributed by atoms with Gasteiger partial charge in [0.05, 0.1) is 11.6 Å². The molecule has 2 aliphatic heterocycles. The zero-order valence-corrected chi connectivity index (χ0v) is 20.9. The molecule has 1 saturated carbocycles. The van der Waals surface area contributed by atoms with Crippen LogP contribution in [0.5, 0.6) is 0 Å². The molecule has 36 heavy (non-hydrogen) atoms. The average molecular weight is 492 g/mol. The van der Waals surface area contributed by atoms with Crippen LogP contribution in [-0.2, 0) is 10.2 Å². The van der Waals surface area contributed by atoms with Crippen molar-refractivity contribution in [3.05, 3.63) is 41.7 Å². The van der Waals surface area contributed by atoms with Crippen LogP contribution in [0.1, 0.15) is 73.8 Å². The summed E-state index contributed by atoms with van der Waals surface area (Å²) in [7, 11) is 0. The molecule has 0 atom stereocenters. The fraction of sp³-hybridized carbons (Fsp3) is 0.556. The van der Waals surface area contributed by atoms with E-state index in [1.54, 1.807) is 6.20 Å². The van der Waals surface area contributed by atoms with Gasteiger partial charge in [-0.1, -0.05) is 25.0 Å². The van der Waals surface area contributed by atoms with Crippen LogP contribution in [0.25, 0.3) is 0 Å². The molecule has 2 saturated heterocycles. The van der Waals surface area contributed by atoms with Crippen LogP contribution in [0.15, 0.2) is 30.5 Å². The fourth-order valence-corrected chi connectivity index (χ4v) is 6.15. The van der Waals surface area contributed by atoms with E-state index in [2.05, 4.69) is 25.1 Å². The number of hydrogen-bond acceptors (Lipinski definition) is 7. The van der Waals surface area contributed by atoms with Gasteiger partial charge in [-0.15, -0.1) is 0 Å². The number of piperidine rings is 2. The predicted molar refractivity (Wildman–Crippen MR) is 140 cm³/mol. The normalized spacial score (nSPS) is 20.8. The van der Waals surface area contributed by atoms with Crippen LogP contribution in [0.4, 0.5) is 17.3 Å². The third kappa shape index (κ3) is 4.89. The van der Waals surface area contributed by atoms with Crippen LogP contribution in [0.2, 0.25) is 0 Å². The molecule has 5 N–H and O–H groups in total. The second kappa shape index (κ2) is 10.4. The van der Waals surface area contributed by atoms with Gasteiger partial charge < -0.3 is 26.6 Å². The van der Waals surface area contributed by atoms with Crippen LogP contribution < -0.4 is 21.7 Å². The number of nitrogens with one attached hydrogen (secondary N) is 1. The SMILES string of the molecule is NC(=O)c1ncc(N2CCCCC2)nc1Nc1ccc(C2(C(N)=O)CCN(C3CCCC3)CC2)cc1. The number of nitrogens with zero attached hydrogens (tertiary/aromatic N) is 4. The largest absolute Gasteiger partial charge is 0.369 e. The van der Waals surface area contributed by atoms with E-state index in [4.69, 9.17) is 11.5 Å². The van der Waals surface area contributed by atoms with E-state index >= 15 is 0 Å². The standard InChI is InChI=1S/C27H37N7O2/c28-24(35)23-25(32-22(18-30-23)34-14-4-1-5-15-34)31-20-10-8-19(9-11-20)27(26(29)36)12-16-33(17-13-27)21-6-2-3-7-21/h8-11,18,21H,1-7,12-17H2,(H2,28,35)(H2,29,36)(H,31,32). The Labute approximate surface area is 212 Å². The van der Waals surface area contributed by atoms with Gasteiger partial charge in [-0.05, 0) is 75.7 Å². The lowest BCUT2D eigenvalue weighted by molar-refractivity contribution is -0.125. The van der Waals surface area contributed by atoms with Crippen molar-refractivity contribution in [2.24, 2.45) is 11.5 Å². The maximum atomic E-state index is 12.7. The lowest BCUT2D eigenvalue weighted by Gasteiger charge is -2.42.